The van der Waals surface area contributed by atoms with Gasteiger partial charge in [-0.25, -0.2) is 4.98 Å². The summed E-state index contributed by atoms with van der Waals surface area (Å²) in [5.41, 5.74) is 2.85. The van der Waals surface area contributed by atoms with Crippen LogP contribution in [0, 0.1) is 0 Å². The fourth-order valence-corrected chi connectivity index (χ4v) is 5.35. The molecule has 1 aliphatic heterocycles. The third-order valence-electron chi connectivity index (χ3n) is 7.22. The lowest BCUT2D eigenvalue weighted by Crippen LogP contribution is -2.60. The van der Waals surface area contributed by atoms with Gasteiger partial charge in [0.25, 0.3) is 11.5 Å². The van der Waals surface area contributed by atoms with Crippen LogP contribution < -0.4 is 10.9 Å². The van der Waals surface area contributed by atoms with E-state index in [2.05, 4.69) is 56.7 Å². The molecule has 0 radical (unpaired) electrons. The van der Waals surface area contributed by atoms with Crippen LogP contribution in [0.5, 0.6) is 0 Å². The number of rotatable bonds is 5. The van der Waals surface area contributed by atoms with E-state index in [4.69, 9.17) is 0 Å². The van der Waals surface area contributed by atoms with Gasteiger partial charge < -0.3 is 5.32 Å². The molecule has 6 nitrogen and oxygen atoms in total. The fourth-order valence-electron chi connectivity index (χ4n) is 5.35. The van der Waals surface area contributed by atoms with Crippen molar-refractivity contribution in [2.45, 2.75) is 77.8 Å². The highest BCUT2D eigenvalue weighted by Crippen LogP contribution is 2.37. The van der Waals surface area contributed by atoms with E-state index in [9.17, 15) is 9.59 Å². The molecule has 1 fully saturated rings. The van der Waals surface area contributed by atoms with Gasteiger partial charge in [-0.15, -0.1) is 24.8 Å². The lowest BCUT2D eigenvalue weighted by Gasteiger charge is -2.53. The molecule has 0 saturated carbocycles. The van der Waals surface area contributed by atoms with Gasteiger partial charge >= 0.3 is 0 Å². The summed E-state index contributed by atoms with van der Waals surface area (Å²) in [7, 11) is 0. The number of nitrogens with one attached hydrogen (secondary N) is 1. The number of piperidine rings is 1. The van der Waals surface area contributed by atoms with Gasteiger partial charge in [-0.3, -0.25) is 18.9 Å². The van der Waals surface area contributed by atoms with Gasteiger partial charge in [0, 0.05) is 30.4 Å². The van der Waals surface area contributed by atoms with Crippen LogP contribution in [0.2, 0.25) is 0 Å². The molecular formula is C27H38Cl2N4O2. The maximum Gasteiger partial charge on any atom is 0.265 e. The molecule has 1 saturated heterocycles. The first kappa shape index (κ1) is 29.1. The Kier molecular flexibility index (Phi) is 9.02. The van der Waals surface area contributed by atoms with Crippen LogP contribution in [0.1, 0.15) is 82.6 Å². The minimum absolute atomic E-state index is 0. The van der Waals surface area contributed by atoms with Crippen LogP contribution in [0.4, 0.5) is 0 Å². The maximum absolute atomic E-state index is 13.2. The Morgan fingerprint density at radius 2 is 1.71 bits per heavy atom. The lowest BCUT2D eigenvalue weighted by atomic mass is 9.80. The minimum Gasteiger partial charge on any atom is -0.351 e. The van der Waals surface area contributed by atoms with E-state index >= 15 is 0 Å². The van der Waals surface area contributed by atoms with E-state index in [1.54, 1.807) is 18.3 Å². The molecule has 8 heteroatoms. The number of carbonyl (C=O) groups is 1. The van der Waals surface area contributed by atoms with Gasteiger partial charge in [0.05, 0.1) is 16.5 Å². The molecule has 1 aliphatic rings. The molecule has 192 valence electrons. The number of pyridine rings is 1. The van der Waals surface area contributed by atoms with Crippen LogP contribution in [0.3, 0.4) is 0 Å². The molecule has 0 aliphatic carbocycles. The number of fused-ring (bicyclic) bond motifs is 2. The molecule has 35 heavy (non-hydrogen) atoms. The van der Waals surface area contributed by atoms with Gasteiger partial charge in [0.1, 0.15) is 5.65 Å². The Bertz CT molecular complexity index is 1250. The summed E-state index contributed by atoms with van der Waals surface area (Å²) in [5.74, 6) is 0.147. The van der Waals surface area contributed by atoms with Crippen molar-refractivity contribution in [2.75, 3.05) is 13.1 Å². The predicted molar refractivity (Wildman–Crippen MR) is 149 cm³/mol. The van der Waals surface area contributed by atoms with E-state index in [0.29, 0.717) is 34.6 Å². The van der Waals surface area contributed by atoms with Crippen LogP contribution >= 0.6 is 24.8 Å². The number of nitrogens with zero attached hydrogens (tertiary/aromatic N) is 3. The quantitative estimate of drug-likeness (QED) is 0.445. The van der Waals surface area contributed by atoms with Crippen molar-refractivity contribution in [1.82, 2.24) is 19.6 Å². The Morgan fingerprint density at radius 1 is 1.06 bits per heavy atom. The third-order valence-corrected chi connectivity index (χ3v) is 7.22. The number of amides is 1. The smallest absolute Gasteiger partial charge is 0.265 e. The van der Waals surface area contributed by atoms with Crippen LogP contribution in [0.25, 0.3) is 16.6 Å². The van der Waals surface area contributed by atoms with Crippen LogP contribution in [-0.2, 0) is 0 Å². The van der Waals surface area contributed by atoms with Crippen LogP contribution in [-0.4, -0.2) is 44.4 Å². The molecule has 3 heterocycles. The Balaban J connectivity index is 0.00000216. The number of benzene rings is 1. The first-order chi connectivity index (χ1) is 15.5. The number of hydrogen-bond acceptors (Lipinski definition) is 4. The van der Waals surface area contributed by atoms with Crippen LogP contribution in [0.15, 0.2) is 41.3 Å². The second-order valence-electron chi connectivity index (χ2n) is 10.9. The first-order valence-electron chi connectivity index (χ1n) is 12.0. The number of carbonyl (C=O) groups excluding carboxylic acids is 1. The topological polar surface area (TPSA) is 66.7 Å². The Labute approximate surface area is 220 Å². The SMILES string of the molecule is CC(C)c1ccc2nc3ccc(C(=O)NCCN4C(C)(C)CCCC4(C)C)cn3c(=O)c2c1.Cl.Cl. The largest absolute Gasteiger partial charge is 0.351 e. The molecule has 3 aromatic rings. The molecule has 0 spiro atoms. The highest BCUT2D eigenvalue weighted by molar-refractivity contribution is 5.94. The van der Waals surface area contributed by atoms with Crippen molar-refractivity contribution in [3.8, 4) is 0 Å². The number of likely N-dealkylation sites (tertiary alicyclic amines) is 1. The number of aromatic nitrogens is 2. The summed E-state index contributed by atoms with van der Waals surface area (Å²) >= 11 is 0. The molecule has 1 N–H and O–H groups in total. The molecule has 4 rings (SSSR count). The zero-order chi connectivity index (χ0) is 24.0. The van der Waals surface area contributed by atoms with Crippen molar-refractivity contribution in [3.05, 3.63) is 58.0 Å². The van der Waals surface area contributed by atoms with Gasteiger partial charge in [-0.1, -0.05) is 19.9 Å². The summed E-state index contributed by atoms with van der Waals surface area (Å²) in [4.78, 5) is 33.2. The lowest BCUT2D eigenvalue weighted by molar-refractivity contribution is -0.0251. The third kappa shape index (κ3) is 5.82. The summed E-state index contributed by atoms with van der Waals surface area (Å²) in [6.07, 6.45) is 5.17. The van der Waals surface area contributed by atoms with Crippen molar-refractivity contribution in [2.24, 2.45) is 0 Å². The van der Waals surface area contributed by atoms with Gasteiger partial charge in [-0.2, -0.15) is 0 Å². The standard InChI is InChI=1S/C27H36N4O2.2ClH/c1-18(2)19-8-10-22-21(16-19)25(33)30-17-20(9-11-23(30)29-22)24(32)28-14-15-31-26(3,4)12-7-13-27(31,5)6;;/h8-11,16-18H,7,12-15H2,1-6H3,(H,28,32);2*1H. The van der Waals surface area contributed by atoms with E-state index < -0.39 is 0 Å². The second kappa shape index (κ2) is 10.9. The van der Waals surface area contributed by atoms with E-state index in [1.807, 2.05) is 18.2 Å². The van der Waals surface area contributed by atoms with Crippen molar-refractivity contribution in [1.29, 1.82) is 0 Å². The van der Waals surface area contributed by atoms with E-state index in [0.717, 1.165) is 24.9 Å². The average molecular weight is 522 g/mol. The van der Waals surface area contributed by atoms with Crippen molar-refractivity contribution >= 4 is 47.3 Å². The van der Waals surface area contributed by atoms with Gasteiger partial charge in [-0.05, 0) is 82.7 Å². The minimum atomic E-state index is -0.174. The highest BCUT2D eigenvalue weighted by Gasteiger charge is 2.40. The summed E-state index contributed by atoms with van der Waals surface area (Å²) < 4.78 is 1.48. The number of halogens is 2. The summed E-state index contributed by atoms with van der Waals surface area (Å²) in [6.45, 7) is 14.7. The molecule has 0 bridgehead atoms. The van der Waals surface area contributed by atoms with Crippen molar-refractivity contribution in [3.63, 3.8) is 0 Å². The molecule has 2 aromatic heterocycles. The van der Waals surface area contributed by atoms with Crippen molar-refractivity contribution < 1.29 is 4.79 Å². The first-order valence-corrected chi connectivity index (χ1v) is 12.0. The monoisotopic (exact) mass is 520 g/mol. The molecular weight excluding hydrogens is 483 g/mol. The molecule has 0 unspecified atom stereocenters. The Morgan fingerprint density at radius 3 is 2.34 bits per heavy atom. The molecule has 0 atom stereocenters. The fraction of sp³-hybridized carbons (Fsp3) is 0.519. The van der Waals surface area contributed by atoms with Gasteiger partial charge in [0.2, 0.25) is 0 Å². The zero-order valence-electron chi connectivity index (χ0n) is 21.6. The zero-order valence-corrected chi connectivity index (χ0v) is 23.2. The Hall–Kier alpha value is -2.15. The highest BCUT2D eigenvalue weighted by atomic mass is 35.5. The average Bonchev–Trinajstić information content (AvgIpc) is 2.74. The second-order valence-corrected chi connectivity index (χ2v) is 10.9. The summed E-state index contributed by atoms with van der Waals surface area (Å²) in [5, 5.41) is 3.63. The predicted octanol–water partition coefficient (Wildman–Crippen LogP) is 5.59. The number of hydrogen-bond donors (Lipinski definition) is 1. The molecule has 1 aromatic carbocycles. The summed E-state index contributed by atoms with van der Waals surface area (Å²) in [6, 6.07) is 9.30. The van der Waals surface area contributed by atoms with E-state index in [-0.39, 0.29) is 47.4 Å². The van der Waals surface area contributed by atoms with Gasteiger partial charge in [0.15, 0.2) is 0 Å². The normalized spacial score (nSPS) is 17.1. The maximum atomic E-state index is 13.2. The molecule has 1 amide bonds. The van der Waals surface area contributed by atoms with E-state index in [1.165, 1.54) is 10.8 Å².